The Morgan fingerprint density at radius 3 is 2.30 bits per heavy atom. The third kappa shape index (κ3) is 6.04. The van der Waals surface area contributed by atoms with Crippen molar-refractivity contribution in [3.8, 4) is 0 Å². The van der Waals surface area contributed by atoms with Gasteiger partial charge in [0.2, 0.25) is 0 Å². The molecule has 3 amide bonds. The highest BCUT2D eigenvalue weighted by Gasteiger charge is 2.41. The largest absolute Gasteiger partial charge is 0.449 e. The van der Waals surface area contributed by atoms with E-state index in [1.807, 2.05) is 38.1 Å². The molecular weight excluding hydrogens is 552 g/mol. The monoisotopic (exact) mass is 596 g/mol. The average molecular weight is 597 g/mol. The van der Waals surface area contributed by atoms with Crippen molar-refractivity contribution >= 4 is 29.1 Å². The van der Waals surface area contributed by atoms with E-state index in [4.69, 9.17) is 9.47 Å². The van der Waals surface area contributed by atoms with Crippen molar-refractivity contribution in [1.82, 2.24) is 29.2 Å². The van der Waals surface area contributed by atoms with Crippen molar-refractivity contribution in [1.29, 1.82) is 0 Å². The van der Waals surface area contributed by atoms with Crippen LogP contribution in [0.25, 0.3) is 11.0 Å². The van der Waals surface area contributed by atoms with Crippen LogP contribution in [0.5, 0.6) is 0 Å². The lowest BCUT2D eigenvalue weighted by molar-refractivity contribution is -0.142. The van der Waals surface area contributed by atoms with Crippen LogP contribution in [0.1, 0.15) is 64.8 Å². The second kappa shape index (κ2) is 12.7. The molecule has 4 aliphatic rings. The SMILES string of the molecule is CC(C)n1c(=O)n(C(=O)NC2C[C@H]3CC[C@@H](C2)N3CCCOC(=O)N2CCN(C(=O)C3CCCO3)CC2)c2ccccc21. The number of carbonyl (C=O) groups excluding carboxylic acids is 3. The van der Waals surface area contributed by atoms with E-state index in [1.165, 1.54) is 4.57 Å². The molecule has 43 heavy (non-hydrogen) atoms. The normalized spacial score (nSPS) is 25.9. The second-order valence-corrected chi connectivity index (χ2v) is 12.6. The van der Waals surface area contributed by atoms with Crippen LogP contribution in [0.15, 0.2) is 29.1 Å². The van der Waals surface area contributed by atoms with E-state index in [-0.39, 0.29) is 41.9 Å². The predicted molar refractivity (Wildman–Crippen MR) is 160 cm³/mol. The Hall–Kier alpha value is -3.38. The highest BCUT2D eigenvalue weighted by Crippen LogP contribution is 2.36. The Bertz CT molecular complexity index is 1370. The van der Waals surface area contributed by atoms with Gasteiger partial charge in [0, 0.05) is 63.5 Å². The van der Waals surface area contributed by atoms with Gasteiger partial charge in [-0.2, -0.15) is 0 Å². The van der Waals surface area contributed by atoms with Gasteiger partial charge in [-0.3, -0.25) is 14.3 Å². The first-order chi connectivity index (χ1) is 20.8. The van der Waals surface area contributed by atoms with Crippen molar-refractivity contribution < 1.29 is 23.9 Å². The fourth-order valence-corrected chi connectivity index (χ4v) is 7.45. The zero-order valence-corrected chi connectivity index (χ0v) is 25.3. The molecule has 1 aromatic carbocycles. The molecule has 6 rings (SSSR count). The number of para-hydroxylation sites is 2. The molecule has 4 saturated heterocycles. The van der Waals surface area contributed by atoms with Crippen LogP contribution < -0.4 is 11.0 Å². The summed E-state index contributed by atoms with van der Waals surface area (Å²) in [5.41, 5.74) is 1.08. The van der Waals surface area contributed by atoms with Gasteiger partial charge in [0.25, 0.3) is 5.91 Å². The maximum atomic E-state index is 13.4. The molecule has 2 unspecified atom stereocenters. The molecule has 2 bridgehead atoms. The molecule has 12 nitrogen and oxygen atoms in total. The standard InChI is InChI=1S/C31H44N6O6/c1-21(2)36-25-7-3-4-8-26(25)37(30(36)40)29(39)32-22-19-23-10-11-24(20-22)35(23)12-6-18-43-31(41)34-15-13-33(14-16-34)28(38)27-9-5-17-42-27/h3-4,7-8,21-24,27H,5-6,9-20H2,1-2H3,(H,32,39)/t22?,23-,24+,27?. The Morgan fingerprint density at radius 2 is 1.65 bits per heavy atom. The Labute approximate surface area is 251 Å². The van der Waals surface area contributed by atoms with E-state index >= 15 is 0 Å². The van der Waals surface area contributed by atoms with Gasteiger partial charge in [0.1, 0.15) is 6.10 Å². The fourth-order valence-electron chi connectivity index (χ4n) is 7.45. The lowest BCUT2D eigenvalue weighted by Crippen LogP contribution is -2.53. The summed E-state index contributed by atoms with van der Waals surface area (Å²) in [6.45, 7) is 7.71. The lowest BCUT2D eigenvalue weighted by atomic mass is 9.97. The van der Waals surface area contributed by atoms with Gasteiger partial charge >= 0.3 is 17.8 Å². The smallest absolute Gasteiger partial charge is 0.409 e. The van der Waals surface area contributed by atoms with E-state index in [1.54, 1.807) is 14.4 Å². The number of aromatic nitrogens is 2. The molecule has 0 saturated carbocycles. The summed E-state index contributed by atoms with van der Waals surface area (Å²) in [6, 6.07) is 7.76. The Morgan fingerprint density at radius 1 is 0.977 bits per heavy atom. The Kier molecular flexibility index (Phi) is 8.76. The van der Waals surface area contributed by atoms with E-state index in [2.05, 4.69) is 10.2 Å². The molecule has 5 heterocycles. The van der Waals surface area contributed by atoms with E-state index < -0.39 is 0 Å². The summed E-state index contributed by atoms with van der Waals surface area (Å²) in [4.78, 5) is 57.7. The molecule has 2 aromatic rings. The number of rotatable bonds is 7. The molecule has 4 fully saturated rings. The minimum Gasteiger partial charge on any atom is -0.449 e. The summed E-state index contributed by atoms with van der Waals surface area (Å²) in [7, 11) is 0. The number of ether oxygens (including phenoxy) is 2. The van der Waals surface area contributed by atoms with Crippen LogP contribution in [0.4, 0.5) is 9.59 Å². The molecule has 234 valence electrons. The third-order valence-corrected chi connectivity index (χ3v) is 9.55. The summed E-state index contributed by atoms with van der Waals surface area (Å²) in [6.07, 6.45) is 5.66. The zero-order valence-electron chi connectivity index (χ0n) is 25.3. The van der Waals surface area contributed by atoms with Gasteiger partial charge in [0.15, 0.2) is 0 Å². The van der Waals surface area contributed by atoms with Crippen LogP contribution in [0, 0.1) is 0 Å². The number of amides is 3. The maximum absolute atomic E-state index is 13.4. The quantitative estimate of drug-likeness (QED) is 0.489. The first-order valence-electron chi connectivity index (χ1n) is 15.9. The van der Waals surface area contributed by atoms with E-state index in [0.29, 0.717) is 57.0 Å². The van der Waals surface area contributed by atoms with Crippen molar-refractivity contribution in [3.05, 3.63) is 34.7 Å². The predicted octanol–water partition coefficient (Wildman–Crippen LogP) is 2.79. The number of nitrogens with one attached hydrogen (secondary N) is 1. The van der Waals surface area contributed by atoms with E-state index in [0.717, 1.165) is 57.0 Å². The number of carbonyl (C=O) groups is 3. The molecule has 1 N–H and O–H groups in total. The average Bonchev–Trinajstić information content (AvgIpc) is 3.70. The minimum atomic E-state index is -0.359. The molecular formula is C31H44N6O6. The molecule has 0 spiro atoms. The summed E-state index contributed by atoms with van der Waals surface area (Å²) >= 11 is 0. The van der Waals surface area contributed by atoms with Gasteiger partial charge in [-0.05, 0) is 70.9 Å². The molecule has 0 radical (unpaired) electrons. The van der Waals surface area contributed by atoms with Crippen molar-refractivity contribution in [2.75, 3.05) is 45.9 Å². The number of imidazole rings is 1. The van der Waals surface area contributed by atoms with Gasteiger partial charge in [-0.1, -0.05) is 12.1 Å². The molecule has 4 aliphatic heterocycles. The fraction of sp³-hybridized carbons (Fsp3) is 0.677. The van der Waals surface area contributed by atoms with Crippen LogP contribution in [0.2, 0.25) is 0 Å². The lowest BCUT2D eigenvalue weighted by Gasteiger charge is -2.39. The van der Waals surface area contributed by atoms with Crippen LogP contribution >= 0.6 is 0 Å². The van der Waals surface area contributed by atoms with Crippen molar-refractivity contribution in [2.45, 2.75) is 89.1 Å². The van der Waals surface area contributed by atoms with Gasteiger partial charge in [0.05, 0.1) is 17.6 Å². The van der Waals surface area contributed by atoms with Crippen LogP contribution in [0.3, 0.4) is 0 Å². The van der Waals surface area contributed by atoms with Gasteiger partial charge < -0.3 is 24.6 Å². The number of benzene rings is 1. The maximum Gasteiger partial charge on any atom is 0.409 e. The summed E-state index contributed by atoms with van der Waals surface area (Å²) < 4.78 is 14.0. The number of fused-ring (bicyclic) bond motifs is 3. The zero-order chi connectivity index (χ0) is 30.1. The van der Waals surface area contributed by atoms with Gasteiger partial charge in [-0.15, -0.1) is 0 Å². The first-order valence-corrected chi connectivity index (χ1v) is 15.9. The minimum absolute atomic E-state index is 0.0120. The molecule has 12 heteroatoms. The Balaban J connectivity index is 0.947. The summed E-state index contributed by atoms with van der Waals surface area (Å²) in [5.74, 6) is 0.0381. The third-order valence-electron chi connectivity index (χ3n) is 9.55. The topological polar surface area (TPSA) is 118 Å². The van der Waals surface area contributed by atoms with Crippen molar-refractivity contribution in [2.24, 2.45) is 0 Å². The van der Waals surface area contributed by atoms with Crippen molar-refractivity contribution in [3.63, 3.8) is 0 Å². The highest BCUT2D eigenvalue weighted by atomic mass is 16.6. The summed E-state index contributed by atoms with van der Waals surface area (Å²) in [5, 5.41) is 3.16. The number of nitrogens with zero attached hydrogens (tertiary/aromatic N) is 5. The molecule has 4 atom stereocenters. The molecule has 0 aliphatic carbocycles. The van der Waals surface area contributed by atoms with E-state index in [9.17, 15) is 19.2 Å². The number of piperazine rings is 1. The number of hydrogen-bond donors (Lipinski definition) is 1. The second-order valence-electron chi connectivity index (χ2n) is 12.6. The van der Waals surface area contributed by atoms with Crippen LogP contribution in [-0.2, 0) is 14.3 Å². The van der Waals surface area contributed by atoms with Crippen LogP contribution in [-0.4, -0.2) is 112 Å². The van der Waals surface area contributed by atoms with Gasteiger partial charge in [-0.25, -0.2) is 19.0 Å². The number of hydrogen-bond acceptors (Lipinski definition) is 7. The highest BCUT2D eigenvalue weighted by molar-refractivity contribution is 5.89. The number of piperidine rings is 1. The molecule has 1 aromatic heterocycles. The first kappa shape index (κ1) is 29.7.